The molecule has 0 spiro atoms. The van der Waals surface area contributed by atoms with Gasteiger partial charge in [-0.2, -0.15) is 0 Å². The van der Waals surface area contributed by atoms with Crippen molar-refractivity contribution in [3.8, 4) is 0 Å². The fourth-order valence-corrected chi connectivity index (χ4v) is 2.63. The van der Waals surface area contributed by atoms with E-state index in [1.54, 1.807) is 0 Å². The molecule has 2 heteroatoms. The van der Waals surface area contributed by atoms with Crippen molar-refractivity contribution in [3.05, 3.63) is 33.9 Å². The molecule has 1 N–H and O–H groups in total. The Balaban J connectivity index is 2.87. The minimum absolute atomic E-state index is 0.283. The van der Waals surface area contributed by atoms with Gasteiger partial charge in [0.05, 0.1) is 0 Å². The van der Waals surface area contributed by atoms with Crippen LogP contribution in [-0.4, -0.2) is 30.2 Å². The Bertz CT molecular complexity index is 396. The van der Waals surface area contributed by atoms with E-state index in [0.717, 1.165) is 19.5 Å². The smallest absolute Gasteiger partial charge is 0.0471 e. The summed E-state index contributed by atoms with van der Waals surface area (Å²) in [5, 5.41) is 9.31. The molecule has 0 fully saturated rings. The van der Waals surface area contributed by atoms with Crippen LogP contribution < -0.4 is 0 Å². The molecule has 0 aliphatic carbocycles. The molecule has 1 unspecified atom stereocenters. The van der Waals surface area contributed by atoms with Crippen molar-refractivity contribution in [3.63, 3.8) is 0 Å². The highest BCUT2D eigenvalue weighted by molar-refractivity contribution is 5.43. The first kappa shape index (κ1) is 16.2. The molecular formula is C17H29NO. The van der Waals surface area contributed by atoms with Crippen LogP contribution >= 0.6 is 0 Å². The van der Waals surface area contributed by atoms with Gasteiger partial charge in [0, 0.05) is 19.7 Å². The summed E-state index contributed by atoms with van der Waals surface area (Å²) >= 11 is 0. The van der Waals surface area contributed by atoms with Crippen LogP contribution in [0.4, 0.5) is 0 Å². The van der Waals surface area contributed by atoms with Crippen LogP contribution in [0.5, 0.6) is 0 Å². The summed E-state index contributed by atoms with van der Waals surface area (Å²) in [7, 11) is 2.15. The first-order chi connectivity index (χ1) is 8.90. The molecule has 1 rings (SSSR count). The number of rotatable bonds is 6. The first-order valence-corrected chi connectivity index (χ1v) is 7.26. The molecule has 1 aromatic carbocycles. The number of benzene rings is 1. The van der Waals surface area contributed by atoms with Crippen LogP contribution in [0.1, 0.15) is 41.2 Å². The van der Waals surface area contributed by atoms with Crippen LogP contribution in [0.25, 0.3) is 0 Å². The predicted molar refractivity (Wildman–Crippen MR) is 82.6 cm³/mol. The summed E-state index contributed by atoms with van der Waals surface area (Å²) in [5.74, 6) is 0.386. The minimum atomic E-state index is 0.283. The summed E-state index contributed by atoms with van der Waals surface area (Å²) in [4.78, 5) is 2.33. The zero-order valence-corrected chi connectivity index (χ0v) is 13.4. The van der Waals surface area contributed by atoms with E-state index in [1.165, 1.54) is 27.8 Å². The SMILES string of the molecule is CCC(CO)CN(C)Cc1c(C)c(C)cc(C)c1C. The molecule has 2 nitrogen and oxygen atoms in total. The van der Waals surface area contributed by atoms with Crippen molar-refractivity contribution >= 4 is 0 Å². The van der Waals surface area contributed by atoms with Gasteiger partial charge in [-0.3, -0.25) is 0 Å². The van der Waals surface area contributed by atoms with E-state index in [4.69, 9.17) is 0 Å². The molecule has 0 amide bonds. The average molecular weight is 263 g/mol. The molecule has 19 heavy (non-hydrogen) atoms. The zero-order valence-electron chi connectivity index (χ0n) is 13.4. The van der Waals surface area contributed by atoms with E-state index in [1.807, 2.05) is 0 Å². The normalized spacial score (nSPS) is 13.1. The molecule has 108 valence electrons. The second-order valence-electron chi connectivity index (χ2n) is 5.89. The number of aliphatic hydroxyl groups excluding tert-OH is 1. The highest BCUT2D eigenvalue weighted by Gasteiger charge is 2.13. The summed E-state index contributed by atoms with van der Waals surface area (Å²) in [6.45, 7) is 13.2. The van der Waals surface area contributed by atoms with E-state index in [-0.39, 0.29) is 6.61 Å². The van der Waals surface area contributed by atoms with Crippen LogP contribution in [-0.2, 0) is 6.54 Å². The molecule has 1 aromatic rings. The van der Waals surface area contributed by atoms with Crippen molar-refractivity contribution in [1.29, 1.82) is 0 Å². The molecule has 0 aliphatic rings. The number of hydrogen-bond donors (Lipinski definition) is 1. The fourth-order valence-electron chi connectivity index (χ4n) is 2.63. The van der Waals surface area contributed by atoms with E-state index < -0.39 is 0 Å². The molecule has 1 atom stereocenters. The van der Waals surface area contributed by atoms with Crippen LogP contribution in [0.15, 0.2) is 6.07 Å². The second-order valence-corrected chi connectivity index (χ2v) is 5.89. The van der Waals surface area contributed by atoms with Crippen molar-refractivity contribution in [2.45, 2.75) is 47.6 Å². The van der Waals surface area contributed by atoms with Gasteiger partial charge in [-0.1, -0.05) is 13.0 Å². The Hall–Kier alpha value is -0.860. The van der Waals surface area contributed by atoms with Gasteiger partial charge in [-0.05, 0) is 74.9 Å². The first-order valence-electron chi connectivity index (χ1n) is 7.26. The van der Waals surface area contributed by atoms with Gasteiger partial charge in [-0.25, -0.2) is 0 Å². The molecule has 0 saturated carbocycles. The van der Waals surface area contributed by atoms with Crippen molar-refractivity contribution in [2.75, 3.05) is 20.2 Å². The quantitative estimate of drug-likeness (QED) is 0.850. The third-order valence-electron chi connectivity index (χ3n) is 4.35. The van der Waals surface area contributed by atoms with Gasteiger partial charge >= 0.3 is 0 Å². The summed E-state index contributed by atoms with van der Waals surface area (Å²) in [6, 6.07) is 2.27. The second kappa shape index (κ2) is 7.06. The maximum atomic E-state index is 9.31. The molecule has 0 aromatic heterocycles. The van der Waals surface area contributed by atoms with E-state index in [9.17, 15) is 5.11 Å². The highest BCUT2D eigenvalue weighted by Crippen LogP contribution is 2.23. The minimum Gasteiger partial charge on any atom is -0.396 e. The highest BCUT2D eigenvalue weighted by atomic mass is 16.3. The predicted octanol–water partition coefficient (Wildman–Crippen LogP) is 3.37. The van der Waals surface area contributed by atoms with Gasteiger partial charge in [0.15, 0.2) is 0 Å². The Kier molecular flexibility index (Phi) is 6.02. The zero-order chi connectivity index (χ0) is 14.6. The Morgan fingerprint density at radius 2 is 1.63 bits per heavy atom. The lowest BCUT2D eigenvalue weighted by molar-refractivity contribution is 0.173. The van der Waals surface area contributed by atoms with Gasteiger partial charge in [-0.15, -0.1) is 0 Å². The van der Waals surface area contributed by atoms with Crippen LogP contribution in [0.3, 0.4) is 0 Å². The largest absolute Gasteiger partial charge is 0.396 e. The molecule has 0 radical (unpaired) electrons. The third-order valence-corrected chi connectivity index (χ3v) is 4.35. The standard InChI is InChI=1S/C17H29NO/c1-7-16(11-19)9-18(6)10-17-14(4)12(2)8-13(3)15(17)5/h8,16,19H,7,9-11H2,1-6H3. The van der Waals surface area contributed by atoms with Gasteiger partial charge in [0.1, 0.15) is 0 Å². The number of aliphatic hydroxyl groups is 1. The average Bonchev–Trinajstić information content (AvgIpc) is 2.38. The summed E-state index contributed by atoms with van der Waals surface area (Å²) < 4.78 is 0. The van der Waals surface area contributed by atoms with Crippen molar-refractivity contribution in [1.82, 2.24) is 4.90 Å². The van der Waals surface area contributed by atoms with Crippen LogP contribution in [0.2, 0.25) is 0 Å². The molecule has 0 bridgehead atoms. The molecular weight excluding hydrogens is 234 g/mol. The molecule has 0 saturated heterocycles. The lowest BCUT2D eigenvalue weighted by Gasteiger charge is -2.24. The topological polar surface area (TPSA) is 23.5 Å². The van der Waals surface area contributed by atoms with Gasteiger partial charge < -0.3 is 10.0 Å². The number of nitrogens with zero attached hydrogens (tertiary/aromatic N) is 1. The van der Waals surface area contributed by atoms with Crippen LogP contribution in [0, 0.1) is 33.6 Å². The molecule has 0 aliphatic heterocycles. The Labute approximate surface area is 118 Å². The van der Waals surface area contributed by atoms with E-state index in [2.05, 4.69) is 52.6 Å². The van der Waals surface area contributed by atoms with Gasteiger partial charge in [0.2, 0.25) is 0 Å². The van der Waals surface area contributed by atoms with Crippen molar-refractivity contribution in [2.24, 2.45) is 5.92 Å². The maximum Gasteiger partial charge on any atom is 0.0471 e. The summed E-state index contributed by atoms with van der Waals surface area (Å²) in [6.07, 6.45) is 1.03. The lowest BCUT2D eigenvalue weighted by atomic mass is 9.94. The fraction of sp³-hybridized carbons (Fsp3) is 0.647. The Morgan fingerprint density at radius 1 is 1.11 bits per heavy atom. The monoisotopic (exact) mass is 263 g/mol. The maximum absolute atomic E-state index is 9.31. The molecule has 0 heterocycles. The van der Waals surface area contributed by atoms with E-state index in [0.29, 0.717) is 5.92 Å². The van der Waals surface area contributed by atoms with Gasteiger partial charge in [0.25, 0.3) is 0 Å². The number of hydrogen-bond acceptors (Lipinski definition) is 2. The lowest BCUT2D eigenvalue weighted by Crippen LogP contribution is -2.27. The third kappa shape index (κ3) is 4.05. The van der Waals surface area contributed by atoms with Crippen molar-refractivity contribution < 1.29 is 5.11 Å². The van der Waals surface area contributed by atoms with E-state index >= 15 is 0 Å². The summed E-state index contributed by atoms with van der Waals surface area (Å²) in [5.41, 5.74) is 7.02. The Morgan fingerprint density at radius 3 is 2.05 bits per heavy atom. The number of aryl methyl sites for hydroxylation is 2.